The summed E-state index contributed by atoms with van der Waals surface area (Å²) < 4.78 is 0. The molecule has 0 atom stereocenters. The van der Waals surface area contributed by atoms with Crippen LogP contribution in [0.25, 0.3) is 10.9 Å². The molecule has 0 spiro atoms. The molecule has 0 fully saturated rings. The molecule has 3 nitrogen and oxygen atoms in total. The number of aromatic nitrogens is 2. The van der Waals surface area contributed by atoms with Crippen molar-refractivity contribution in [2.75, 3.05) is 17.6 Å². The third-order valence-corrected chi connectivity index (χ3v) is 4.54. The number of aryl methyl sites for hydroxylation is 1. The van der Waals surface area contributed by atoms with Crippen LogP contribution >= 0.6 is 11.8 Å². The fourth-order valence-electron chi connectivity index (χ4n) is 2.25. The average molecular weight is 309 g/mol. The maximum absolute atomic E-state index is 4.34. The van der Waals surface area contributed by atoms with Gasteiger partial charge in [0.1, 0.15) is 12.1 Å². The van der Waals surface area contributed by atoms with Gasteiger partial charge in [0.25, 0.3) is 0 Å². The number of rotatable bonds is 6. The van der Waals surface area contributed by atoms with Gasteiger partial charge in [-0.15, -0.1) is 11.8 Å². The number of nitrogens with zero attached hydrogens (tertiary/aromatic N) is 2. The number of nitrogens with one attached hydrogen (secondary N) is 1. The highest BCUT2D eigenvalue weighted by molar-refractivity contribution is 7.99. The van der Waals surface area contributed by atoms with Crippen molar-refractivity contribution < 1.29 is 0 Å². The van der Waals surface area contributed by atoms with E-state index in [0.29, 0.717) is 0 Å². The monoisotopic (exact) mass is 309 g/mol. The van der Waals surface area contributed by atoms with E-state index in [9.17, 15) is 0 Å². The van der Waals surface area contributed by atoms with Crippen LogP contribution in [0.2, 0.25) is 0 Å². The van der Waals surface area contributed by atoms with E-state index >= 15 is 0 Å². The topological polar surface area (TPSA) is 37.8 Å². The van der Waals surface area contributed by atoms with E-state index in [1.807, 2.05) is 30.0 Å². The Bertz CT molecular complexity index is 735. The van der Waals surface area contributed by atoms with Crippen molar-refractivity contribution in [3.8, 4) is 0 Å². The third kappa shape index (κ3) is 3.77. The molecule has 3 aromatic rings. The molecule has 1 N–H and O–H groups in total. The molecule has 0 aliphatic rings. The Morgan fingerprint density at radius 1 is 1.00 bits per heavy atom. The Morgan fingerprint density at radius 2 is 1.82 bits per heavy atom. The second-order valence-electron chi connectivity index (χ2n) is 5.18. The van der Waals surface area contributed by atoms with Crippen LogP contribution in [0, 0.1) is 6.92 Å². The highest BCUT2D eigenvalue weighted by Crippen LogP contribution is 2.20. The molecule has 0 bridgehead atoms. The molecule has 0 aliphatic heterocycles. The fourth-order valence-corrected chi connectivity index (χ4v) is 3.10. The summed E-state index contributed by atoms with van der Waals surface area (Å²) in [5.41, 5.74) is 2.29. The summed E-state index contributed by atoms with van der Waals surface area (Å²) in [6, 6.07) is 16.8. The lowest BCUT2D eigenvalue weighted by atomic mass is 10.2. The number of thioether (sulfide) groups is 1. The van der Waals surface area contributed by atoms with Crippen molar-refractivity contribution in [3.63, 3.8) is 0 Å². The van der Waals surface area contributed by atoms with Crippen molar-refractivity contribution in [1.29, 1.82) is 0 Å². The smallest absolute Gasteiger partial charge is 0.137 e. The van der Waals surface area contributed by atoms with E-state index in [2.05, 4.69) is 52.5 Å². The Kier molecular flexibility index (Phi) is 4.91. The summed E-state index contributed by atoms with van der Waals surface area (Å²) in [5, 5.41) is 4.50. The molecule has 0 radical (unpaired) electrons. The van der Waals surface area contributed by atoms with Crippen molar-refractivity contribution in [1.82, 2.24) is 9.97 Å². The molecule has 1 aromatic heterocycles. The molecule has 0 unspecified atom stereocenters. The first-order chi connectivity index (χ1) is 10.8. The van der Waals surface area contributed by atoms with Gasteiger partial charge < -0.3 is 5.32 Å². The molecule has 0 saturated heterocycles. The van der Waals surface area contributed by atoms with Crippen molar-refractivity contribution >= 4 is 28.5 Å². The van der Waals surface area contributed by atoms with Gasteiger partial charge in [-0.1, -0.05) is 29.8 Å². The zero-order chi connectivity index (χ0) is 15.2. The lowest BCUT2D eigenvalue weighted by Crippen LogP contribution is -2.05. The van der Waals surface area contributed by atoms with E-state index in [0.717, 1.165) is 35.4 Å². The first kappa shape index (κ1) is 14.9. The lowest BCUT2D eigenvalue weighted by Gasteiger charge is -2.08. The van der Waals surface area contributed by atoms with Gasteiger partial charge >= 0.3 is 0 Å². The molecular weight excluding hydrogens is 290 g/mol. The summed E-state index contributed by atoms with van der Waals surface area (Å²) in [6.45, 7) is 3.03. The van der Waals surface area contributed by atoms with Gasteiger partial charge in [-0.25, -0.2) is 9.97 Å². The minimum Gasteiger partial charge on any atom is -0.369 e. The van der Waals surface area contributed by atoms with E-state index in [1.54, 1.807) is 6.33 Å². The molecule has 3 rings (SSSR count). The van der Waals surface area contributed by atoms with Gasteiger partial charge in [-0.3, -0.25) is 0 Å². The molecule has 1 heterocycles. The van der Waals surface area contributed by atoms with Crippen LogP contribution in [-0.2, 0) is 0 Å². The molecule has 0 aliphatic carbocycles. The first-order valence-electron chi connectivity index (χ1n) is 7.46. The van der Waals surface area contributed by atoms with Crippen molar-refractivity contribution in [3.05, 3.63) is 60.4 Å². The Labute approximate surface area is 135 Å². The van der Waals surface area contributed by atoms with Crippen LogP contribution in [0.15, 0.2) is 59.8 Å². The third-order valence-electron chi connectivity index (χ3n) is 3.45. The van der Waals surface area contributed by atoms with Gasteiger partial charge in [0.2, 0.25) is 0 Å². The molecule has 0 amide bonds. The molecule has 0 saturated carbocycles. The number of fused-ring (bicyclic) bond motifs is 1. The molecule has 2 aromatic carbocycles. The Hall–Kier alpha value is -2.07. The van der Waals surface area contributed by atoms with Crippen LogP contribution in [-0.4, -0.2) is 22.3 Å². The highest BCUT2D eigenvalue weighted by atomic mass is 32.2. The zero-order valence-electron chi connectivity index (χ0n) is 12.6. The van der Waals surface area contributed by atoms with E-state index in [-0.39, 0.29) is 0 Å². The predicted octanol–water partition coefficient (Wildman–Crippen LogP) is 4.53. The van der Waals surface area contributed by atoms with Crippen LogP contribution in [0.4, 0.5) is 5.82 Å². The first-order valence-corrected chi connectivity index (χ1v) is 8.44. The quantitative estimate of drug-likeness (QED) is 0.536. The van der Waals surface area contributed by atoms with Gasteiger partial charge in [0.15, 0.2) is 0 Å². The van der Waals surface area contributed by atoms with Crippen molar-refractivity contribution in [2.45, 2.75) is 18.2 Å². The SMILES string of the molecule is Cc1ccc(SCCCNc2ncnc3ccccc23)cc1. The maximum Gasteiger partial charge on any atom is 0.137 e. The van der Waals surface area contributed by atoms with Gasteiger partial charge in [0.05, 0.1) is 5.52 Å². The number of hydrogen-bond donors (Lipinski definition) is 1. The lowest BCUT2D eigenvalue weighted by molar-refractivity contribution is 0.980. The minimum atomic E-state index is 0.917. The zero-order valence-corrected chi connectivity index (χ0v) is 13.4. The summed E-state index contributed by atoms with van der Waals surface area (Å²) in [4.78, 5) is 9.95. The van der Waals surface area contributed by atoms with Crippen LogP contribution in [0.1, 0.15) is 12.0 Å². The van der Waals surface area contributed by atoms with Gasteiger partial charge in [0, 0.05) is 16.8 Å². The van der Waals surface area contributed by atoms with Crippen LogP contribution in [0.3, 0.4) is 0 Å². The number of para-hydroxylation sites is 1. The Morgan fingerprint density at radius 3 is 2.68 bits per heavy atom. The van der Waals surface area contributed by atoms with Crippen LogP contribution < -0.4 is 5.32 Å². The van der Waals surface area contributed by atoms with E-state index in [4.69, 9.17) is 0 Å². The molecule has 112 valence electrons. The summed E-state index contributed by atoms with van der Waals surface area (Å²) in [6.07, 6.45) is 2.71. The van der Waals surface area contributed by atoms with Gasteiger partial charge in [-0.05, 0) is 43.4 Å². The normalized spacial score (nSPS) is 10.8. The van der Waals surface area contributed by atoms with Crippen molar-refractivity contribution in [2.24, 2.45) is 0 Å². The summed E-state index contributed by atoms with van der Waals surface area (Å²) in [5.74, 6) is 2.02. The predicted molar refractivity (Wildman–Crippen MR) is 94.5 cm³/mol. The minimum absolute atomic E-state index is 0.917. The van der Waals surface area contributed by atoms with E-state index < -0.39 is 0 Å². The van der Waals surface area contributed by atoms with E-state index in [1.165, 1.54) is 10.5 Å². The number of anilines is 1. The average Bonchev–Trinajstić information content (AvgIpc) is 2.56. The molecule has 22 heavy (non-hydrogen) atoms. The summed E-state index contributed by atoms with van der Waals surface area (Å²) >= 11 is 1.90. The van der Waals surface area contributed by atoms with Crippen LogP contribution in [0.5, 0.6) is 0 Å². The standard InChI is InChI=1S/C18H19N3S/c1-14-7-9-15(10-8-14)22-12-4-11-19-18-16-5-2-3-6-17(16)20-13-21-18/h2-3,5-10,13H,4,11-12H2,1H3,(H,19,20,21). The van der Waals surface area contributed by atoms with Gasteiger partial charge in [-0.2, -0.15) is 0 Å². The fraction of sp³-hybridized carbons (Fsp3) is 0.222. The highest BCUT2D eigenvalue weighted by Gasteiger charge is 2.01. The largest absolute Gasteiger partial charge is 0.369 e. The number of hydrogen-bond acceptors (Lipinski definition) is 4. The molecular formula is C18H19N3S. The maximum atomic E-state index is 4.34. The summed E-state index contributed by atoms with van der Waals surface area (Å²) in [7, 11) is 0. The number of benzene rings is 2. The molecule has 4 heteroatoms. The second-order valence-corrected chi connectivity index (χ2v) is 6.35. The Balaban J connectivity index is 1.49. The second kappa shape index (κ2) is 7.27.